The Balaban J connectivity index is 1.65. The fraction of sp³-hybridized carbons (Fsp3) is 0.542. The van der Waals surface area contributed by atoms with Crippen LogP contribution in [0.25, 0.3) is 11.5 Å². The number of aryl methyl sites for hydroxylation is 2. The molecule has 0 bridgehead atoms. The van der Waals surface area contributed by atoms with Gasteiger partial charge in [0.2, 0.25) is 11.8 Å². The van der Waals surface area contributed by atoms with E-state index in [1.165, 1.54) is 5.56 Å². The highest BCUT2D eigenvalue weighted by atomic mass is 16.5. The van der Waals surface area contributed by atoms with Gasteiger partial charge in [-0.1, -0.05) is 30.5 Å². The number of aromatic nitrogens is 1. The summed E-state index contributed by atoms with van der Waals surface area (Å²) < 4.78 is 12.0. The summed E-state index contributed by atoms with van der Waals surface area (Å²) in [5.41, 5.74) is 2.00. The lowest BCUT2D eigenvalue weighted by atomic mass is 9.85. The van der Waals surface area contributed by atoms with Crippen molar-refractivity contribution in [2.45, 2.75) is 78.0 Å². The lowest BCUT2D eigenvalue weighted by Gasteiger charge is -2.33. The SMILES string of the molecule is Cc1ccc(-c2nc(CO[C@H]3CCCC[C@H]3C(=O)NC(C)(C)CC(=O)O)c(C)o2)cc1. The van der Waals surface area contributed by atoms with Crippen molar-refractivity contribution >= 4 is 11.9 Å². The molecule has 2 aromatic rings. The first kappa shape index (κ1) is 23.0. The molecule has 2 N–H and O–H groups in total. The van der Waals surface area contributed by atoms with Crippen molar-refractivity contribution < 1.29 is 23.8 Å². The van der Waals surface area contributed by atoms with Crippen LogP contribution in [0.5, 0.6) is 0 Å². The monoisotopic (exact) mass is 428 g/mol. The second-order valence-corrected chi connectivity index (χ2v) is 9.07. The number of nitrogens with one attached hydrogen (secondary N) is 1. The van der Waals surface area contributed by atoms with E-state index in [1.54, 1.807) is 13.8 Å². The van der Waals surface area contributed by atoms with E-state index in [0.717, 1.165) is 36.9 Å². The third-order valence-corrected chi connectivity index (χ3v) is 5.72. The number of aliphatic carboxylic acids is 1. The zero-order chi connectivity index (χ0) is 22.6. The van der Waals surface area contributed by atoms with E-state index in [4.69, 9.17) is 14.3 Å². The number of carboxylic acids is 1. The van der Waals surface area contributed by atoms with Crippen molar-refractivity contribution in [2.24, 2.45) is 5.92 Å². The van der Waals surface area contributed by atoms with E-state index in [2.05, 4.69) is 10.3 Å². The second kappa shape index (κ2) is 9.64. The molecule has 0 unspecified atom stereocenters. The average Bonchev–Trinajstić information content (AvgIpc) is 3.06. The largest absolute Gasteiger partial charge is 0.481 e. The molecule has 7 nitrogen and oxygen atoms in total. The number of hydrogen-bond acceptors (Lipinski definition) is 5. The van der Waals surface area contributed by atoms with Gasteiger partial charge in [0.15, 0.2) is 0 Å². The first-order chi connectivity index (χ1) is 14.6. The molecule has 1 fully saturated rings. The Morgan fingerprint density at radius 1 is 1.19 bits per heavy atom. The normalized spacial score (nSPS) is 19.2. The van der Waals surface area contributed by atoms with Crippen molar-refractivity contribution in [3.63, 3.8) is 0 Å². The topological polar surface area (TPSA) is 102 Å². The number of ether oxygens (including phenoxy) is 1. The molecule has 1 saturated carbocycles. The van der Waals surface area contributed by atoms with Gasteiger partial charge in [-0.05, 0) is 52.7 Å². The van der Waals surface area contributed by atoms with Crippen molar-refractivity contribution in [2.75, 3.05) is 0 Å². The van der Waals surface area contributed by atoms with Crippen LogP contribution in [0.4, 0.5) is 0 Å². The summed E-state index contributed by atoms with van der Waals surface area (Å²) in [5.74, 6) is -0.120. The predicted molar refractivity (Wildman–Crippen MR) is 116 cm³/mol. The zero-order valence-electron chi connectivity index (χ0n) is 18.7. The Kier molecular flexibility index (Phi) is 7.15. The summed E-state index contributed by atoms with van der Waals surface area (Å²) in [7, 11) is 0. The number of rotatable bonds is 8. The van der Waals surface area contributed by atoms with Crippen LogP contribution in [-0.2, 0) is 20.9 Å². The number of benzene rings is 1. The molecule has 0 spiro atoms. The van der Waals surface area contributed by atoms with Crippen molar-refractivity contribution in [3.8, 4) is 11.5 Å². The fourth-order valence-corrected chi connectivity index (χ4v) is 4.01. The van der Waals surface area contributed by atoms with E-state index in [1.807, 2.05) is 38.1 Å². The summed E-state index contributed by atoms with van der Waals surface area (Å²) in [6.07, 6.45) is 3.12. The van der Waals surface area contributed by atoms with Crippen LogP contribution in [0, 0.1) is 19.8 Å². The molecule has 0 aliphatic heterocycles. The molecule has 31 heavy (non-hydrogen) atoms. The molecule has 7 heteroatoms. The van der Waals surface area contributed by atoms with Gasteiger partial charge in [-0.15, -0.1) is 0 Å². The quantitative estimate of drug-likeness (QED) is 0.646. The van der Waals surface area contributed by atoms with Crippen molar-refractivity contribution in [1.29, 1.82) is 0 Å². The molecule has 3 rings (SSSR count). The smallest absolute Gasteiger partial charge is 0.305 e. The van der Waals surface area contributed by atoms with Crippen LogP contribution in [0.2, 0.25) is 0 Å². The number of carbonyl (C=O) groups excluding carboxylic acids is 1. The first-order valence-corrected chi connectivity index (χ1v) is 10.8. The molecular formula is C24H32N2O5. The highest BCUT2D eigenvalue weighted by Crippen LogP contribution is 2.30. The molecule has 1 heterocycles. The summed E-state index contributed by atoms with van der Waals surface area (Å²) >= 11 is 0. The van der Waals surface area contributed by atoms with Gasteiger partial charge in [-0.3, -0.25) is 9.59 Å². The predicted octanol–water partition coefficient (Wildman–Crippen LogP) is 4.40. The van der Waals surface area contributed by atoms with E-state index in [-0.39, 0.29) is 31.0 Å². The van der Waals surface area contributed by atoms with E-state index in [0.29, 0.717) is 11.7 Å². The van der Waals surface area contributed by atoms with E-state index < -0.39 is 11.5 Å². The van der Waals surface area contributed by atoms with Crippen LogP contribution in [0.1, 0.15) is 63.0 Å². The summed E-state index contributed by atoms with van der Waals surface area (Å²) in [5, 5.41) is 12.0. The van der Waals surface area contributed by atoms with Gasteiger partial charge >= 0.3 is 5.97 Å². The third-order valence-electron chi connectivity index (χ3n) is 5.72. The van der Waals surface area contributed by atoms with Gasteiger partial charge in [0.25, 0.3) is 0 Å². The Morgan fingerprint density at radius 2 is 1.87 bits per heavy atom. The van der Waals surface area contributed by atoms with Crippen LogP contribution >= 0.6 is 0 Å². The van der Waals surface area contributed by atoms with Gasteiger partial charge in [0, 0.05) is 11.1 Å². The van der Waals surface area contributed by atoms with Crippen LogP contribution in [0.15, 0.2) is 28.7 Å². The molecule has 1 aliphatic carbocycles. The Bertz CT molecular complexity index is 917. The number of carbonyl (C=O) groups is 2. The molecule has 1 aliphatic rings. The van der Waals surface area contributed by atoms with E-state index >= 15 is 0 Å². The van der Waals surface area contributed by atoms with Gasteiger partial charge in [0.05, 0.1) is 25.0 Å². The Hall–Kier alpha value is -2.67. The molecule has 1 aromatic carbocycles. The third kappa shape index (κ3) is 6.17. The molecular weight excluding hydrogens is 396 g/mol. The minimum Gasteiger partial charge on any atom is -0.481 e. The lowest BCUT2D eigenvalue weighted by molar-refractivity contribution is -0.140. The number of oxazole rings is 1. The van der Waals surface area contributed by atoms with Crippen LogP contribution < -0.4 is 5.32 Å². The summed E-state index contributed by atoms with van der Waals surface area (Å²) in [6, 6.07) is 7.99. The van der Waals surface area contributed by atoms with Gasteiger partial charge in [0.1, 0.15) is 11.5 Å². The number of carboxylic acid groups (broad SMARTS) is 1. The standard InChI is InChI=1S/C24H32N2O5/c1-15-9-11-17(12-10-15)23-25-19(16(2)31-23)14-30-20-8-6-5-7-18(20)22(29)26-24(3,4)13-21(27)28/h9-12,18,20H,5-8,13-14H2,1-4H3,(H,26,29)(H,27,28)/t18-,20+/m1/s1. The maximum absolute atomic E-state index is 12.9. The van der Waals surface area contributed by atoms with Gasteiger partial charge < -0.3 is 19.6 Å². The number of hydrogen-bond donors (Lipinski definition) is 2. The van der Waals surface area contributed by atoms with Crippen molar-refractivity contribution in [3.05, 3.63) is 41.3 Å². The molecule has 0 saturated heterocycles. The highest BCUT2D eigenvalue weighted by Gasteiger charge is 2.35. The maximum Gasteiger partial charge on any atom is 0.305 e. The maximum atomic E-state index is 12.9. The fourth-order valence-electron chi connectivity index (χ4n) is 4.01. The van der Waals surface area contributed by atoms with E-state index in [9.17, 15) is 9.59 Å². The van der Waals surface area contributed by atoms with Crippen LogP contribution in [-0.4, -0.2) is 33.6 Å². The second-order valence-electron chi connectivity index (χ2n) is 9.07. The molecule has 168 valence electrons. The molecule has 2 atom stereocenters. The number of amides is 1. The Morgan fingerprint density at radius 3 is 2.55 bits per heavy atom. The highest BCUT2D eigenvalue weighted by molar-refractivity contribution is 5.81. The van der Waals surface area contributed by atoms with Gasteiger partial charge in [-0.2, -0.15) is 0 Å². The van der Waals surface area contributed by atoms with Gasteiger partial charge in [-0.25, -0.2) is 4.98 Å². The van der Waals surface area contributed by atoms with Crippen molar-refractivity contribution in [1.82, 2.24) is 10.3 Å². The van der Waals surface area contributed by atoms with Crippen LogP contribution in [0.3, 0.4) is 0 Å². The first-order valence-electron chi connectivity index (χ1n) is 10.8. The molecule has 1 amide bonds. The molecule has 1 aromatic heterocycles. The summed E-state index contributed by atoms with van der Waals surface area (Å²) in [4.78, 5) is 28.5. The Labute approximate surface area is 183 Å². The molecule has 0 radical (unpaired) electrons. The number of nitrogens with zero attached hydrogens (tertiary/aromatic N) is 1. The zero-order valence-corrected chi connectivity index (χ0v) is 18.7. The average molecular weight is 429 g/mol. The lowest BCUT2D eigenvalue weighted by Crippen LogP contribution is -2.50. The minimum absolute atomic E-state index is 0.128. The minimum atomic E-state index is -0.937. The summed E-state index contributed by atoms with van der Waals surface area (Å²) in [6.45, 7) is 7.62.